The number of fused-ring (bicyclic) bond motifs is 1. The second-order valence-corrected chi connectivity index (χ2v) is 7.95. The van der Waals surface area contributed by atoms with Crippen LogP contribution in [-0.4, -0.2) is 46.8 Å². The van der Waals surface area contributed by atoms with Gasteiger partial charge in [-0.05, 0) is 25.7 Å². The van der Waals surface area contributed by atoms with Crippen molar-refractivity contribution in [3.63, 3.8) is 0 Å². The van der Waals surface area contributed by atoms with Gasteiger partial charge >= 0.3 is 6.18 Å². The lowest BCUT2D eigenvalue weighted by Gasteiger charge is -2.30. The molecule has 152 valence electrons. The molecule has 5 nitrogen and oxygen atoms in total. The minimum absolute atomic E-state index is 0.0162. The van der Waals surface area contributed by atoms with Crippen LogP contribution in [0.3, 0.4) is 0 Å². The van der Waals surface area contributed by atoms with Crippen molar-refractivity contribution < 1.29 is 23.0 Å². The first-order valence-corrected chi connectivity index (χ1v) is 9.72. The molecule has 1 unspecified atom stereocenters. The van der Waals surface area contributed by atoms with E-state index in [1.165, 1.54) is 0 Å². The summed E-state index contributed by atoms with van der Waals surface area (Å²) in [6.45, 7) is 1.12. The molecule has 2 heterocycles. The van der Waals surface area contributed by atoms with E-state index in [0.717, 1.165) is 16.5 Å². The van der Waals surface area contributed by atoms with E-state index >= 15 is 0 Å². The molecule has 0 amide bonds. The van der Waals surface area contributed by atoms with Gasteiger partial charge in [0.25, 0.3) is 0 Å². The molecule has 2 aliphatic rings. The summed E-state index contributed by atoms with van der Waals surface area (Å²) in [6, 6.07) is 7.66. The van der Waals surface area contributed by atoms with Crippen LogP contribution in [0.15, 0.2) is 24.3 Å². The monoisotopic (exact) mass is 395 g/mol. The lowest BCUT2D eigenvalue weighted by molar-refractivity contribution is -0.182. The zero-order chi connectivity index (χ0) is 19.8. The van der Waals surface area contributed by atoms with Crippen LogP contribution in [0, 0.1) is 5.92 Å². The second-order valence-electron chi connectivity index (χ2n) is 7.95. The maximum atomic E-state index is 13.0. The quantitative estimate of drug-likeness (QED) is 0.818. The number of halogens is 3. The SMILES string of the molecule is OC1(CNc2nnc([C@H]3CC[C@@H](C(F)(F)F)CC3)c3ccccc23)CCOC1. The van der Waals surface area contributed by atoms with E-state index in [4.69, 9.17) is 4.74 Å². The number of rotatable bonds is 4. The van der Waals surface area contributed by atoms with Crippen molar-refractivity contribution in [3.05, 3.63) is 30.0 Å². The Bertz CT molecular complexity index is 829. The molecule has 28 heavy (non-hydrogen) atoms. The Morgan fingerprint density at radius 3 is 2.46 bits per heavy atom. The average molecular weight is 395 g/mol. The summed E-state index contributed by atoms with van der Waals surface area (Å²) in [5.74, 6) is -0.653. The predicted molar refractivity (Wildman–Crippen MR) is 99.2 cm³/mol. The van der Waals surface area contributed by atoms with E-state index in [2.05, 4.69) is 15.5 Å². The van der Waals surface area contributed by atoms with Crippen LogP contribution >= 0.6 is 0 Å². The highest BCUT2D eigenvalue weighted by Gasteiger charge is 2.42. The highest BCUT2D eigenvalue weighted by Crippen LogP contribution is 2.43. The standard InChI is InChI=1S/C20H24F3N3O2/c21-20(22,23)14-7-5-13(6-8-14)17-15-3-1-2-4-16(15)18(26-25-17)24-11-19(27)9-10-28-12-19/h1-4,13-14,27H,5-12H2,(H,24,26)/t13-,14+,19?. The third-order valence-electron chi connectivity index (χ3n) is 5.96. The van der Waals surface area contributed by atoms with Gasteiger partial charge in [0, 0.05) is 36.3 Å². The fourth-order valence-corrected chi connectivity index (χ4v) is 4.24. The molecule has 2 aromatic rings. The minimum atomic E-state index is -4.11. The van der Waals surface area contributed by atoms with Crippen molar-refractivity contribution in [2.24, 2.45) is 5.92 Å². The van der Waals surface area contributed by atoms with E-state index in [0.29, 0.717) is 38.2 Å². The Balaban J connectivity index is 1.54. The topological polar surface area (TPSA) is 67.3 Å². The molecule has 1 saturated heterocycles. The van der Waals surface area contributed by atoms with Gasteiger partial charge in [-0.15, -0.1) is 5.10 Å². The Hall–Kier alpha value is -1.93. The fourth-order valence-electron chi connectivity index (χ4n) is 4.24. The van der Waals surface area contributed by atoms with Crippen LogP contribution in [0.25, 0.3) is 10.8 Å². The van der Waals surface area contributed by atoms with Crippen LogP contribution in [0.1, 0.15) is 43.7 Å². The maximum absolute atomic E-state index is 13.0. The van der Waals surface area contributed by atoms with Gasteiger partial charge in [0.15, 0.2) is 5.82 Å². The molecule has 2 N–H and O–H groups in total. The summed E-state index contributed by atoms with van der Waals surface area (Å²) in [5, 5.41) is 24.1. The third-order valence-corrected chi connectivity index (χ3v) is 5.96. The Kier molecular flexibility index (Phi) is 5.18. The van der Waals surface area contributed by atoms with Gasteiger partial charge in [-0.3, -0.25) is 0 Å². The first-order chi connectivity index (χ1) is 13.4. The number of aromatic nitrogens is 2. The van der Waals surface area contributed by atoms with E-state index in [9.17, 15) is 18.3 Å². The van der Waals surface area contributed by atoms with Gasteiger partial charge in [-0.2, -0.15) is 18.3 Å². The highest BCUT2D eigenvalue weighted by molar-refractivity contribution is 5.93. The van der Waals surface area contributed by atoms with Crippen LogP contribution < -0.4 is 5.32 Å². The fraction of sp³-hybridized carbons (Fsp3) is 0.600. The Morgan fingerprint density at radius 1 is 1.11 bits per heavy atom. The van der Waals surface area contributed by atoms with E-state index in [1.54, 1.807) is 0 Å². The van der Waals surface area contributed by atoms with Crippen molar-refractivity contribution in [1.29, 1.82) is 0 Å². The van der Waals surface area contributed by atoms with Gasteiger partial charge in [0.05, 0.1) is 18.2 Å². The van der Waals surface area contributed by atoms with Gasteiger partial charge in [-0.1, -0.05) is 24.3 Å². The molecule has 1 saturated carbocycles. The molecule has 1 atom stereocenters. The first kappa shape index (κ1) is 19.4. The minimum Gasteiger partial charge on any atom is -0.386 e. The molecular formula is C20H24F3N3O2. The molecule has 8 heteroatoms. The molecule has 0 radical (unpaired) electrons. The molecular weight excluding hydrogens is 371 g/mol. The zero-order valence-electron chi connectivity index (χ0n) is 15.5. The second kappa shape index (κ2) is 7.48. The number of hydrogen-bond donors (Lipinski definition) is 2. The average Bonchev–Trinajstić information content (AvgIpc) is 3.12. The molecule has 1 aliphatic carbocycles. The number of anilines is 1. The lowest BCUT2D eigenvalue weighted by atomic mass is 9.79. The van der Waals surface area contributed by atoms with Crippen LogP contribution in [0.4, 0.5) is 19.0 Å². The van der Waals surface area contributed by atoms with Crippen LogP contribution in [0.2, 0.25) is 0 Å². The number of hydrogen-bond acceptors (Lipinski definition) is 5. The van der Waals surface area contributed by atoms with Crippen LogP contribution in [-0.2, 0) is 4.74 Å². The molecule has 4 rings (SSSR count). The van der Waals surface area contributed by atoms with Crippen molar-refractivity contribution in [2.45, 2.75) is 49.8 Å². The van der Waals surface area contributed by atoms with Crippen molar-refractivity contribution in [3.8, 4) is 0 Å². The summed E-state index contributed by atoms with van der Waals surface area (Å²) in [6.07, 6.45) is -2.35. The van der Waals surface area contributed by atoms with Gasteiger partial charge < -0.3 is 15.2 Å². The molecule has 0 spiro atoms. The highest BCUT2D eigenvalue weighted by atomic mass is 19.4. The molecule has 0 bridgehead atoms. The summed E-state index contributed by atoms with van der Waals surface area (Å²) in [4.78, 5) is 0. The van der Waals surface area contributed by atoms with Crippen molar-refractivity contribution >= 4 is 16.6 Å². The smallest absolute Gasteiger partial charge is 0.386 e. The number of ether oxygens (including phenoxy) is 1. The number of aliphatic hydroxyl groups is 1. The summed E-state index contributed by atoms with van der Waals surface area (Å²) in [5.41, 5.74) is -0.151. The first-order valence-electron chi connectivity index (χ1n) is 9.72. The number of nitrogens with zero attached hydrogens (tertiary/aromatic N) is 2. The predicted octanol–water partition coefficient (Wildman–Crippen LogP) is 4.03. The van der Waals surface area contributed by atoms with Gasteiger partial charge in [0.1, 0.15) is 5.60 Å². The largest absolute Gasteiger partial charge is 0.391 e. The number of alkyl halides is 3. The summed E-state index contributed by atoms with van der Waals surface area (Å²) in [7, 11) is 0. The maximum Gasteiger partial charge on any atom is 0.391 e. The zero-order valence-corrected chi connectivity index (χ0v) is 15.5. The van der Waals surface area contributed by atoms with Gasteiger partial charge in [-0.25, -0.2) is 0 Å². The third kappa shape index (κ3) is 3.93. The van der Waals surface area contributed by atoms with Gasteiger partial charge in [0.2, 0.25) is 0 Å². The summed E-state index contributed by atoms with van der Waals surface area (Å²) < 4.78 is 44.1. The number of benzene rings is 1. The van der Waals surface area contributed by atoms with E-state index in [-0.39, 0.29) is 25.4 Å². The summed E-state index contributed by atoms with van der Waals surface area (Å²) >= 11 is 0. The lowest BCUT2D eigenvalue weighted by Crippen LogP contribution is -2.37. The number of nitrogens with one attached hydrogen (secondary N) is 1. The Morgan fingerprint density at radius 2 is 1.82 bits per heavy atom. The van der Waals surface area contributed by atoms with E-state index in [1.807, 2.05) is 24.3 Å². The van der Waals surface area contributed by atoms with Crippen LogP contribution in [0.5, 0.6) is 0 Å². The molecule has 2 fully saturated rings. The van der Waals surface area contributed by atoms with Crippen molar-refractivity contribution in [1.82, 2.24) is 10.2 Å². The molecule has 1 aliphatic heterocycles. The normalized spacial score (nSPS) is 28.6. The van der Waals surface area contributed by atoms with E-state index < -0.39 is 17.7 Å². The Labute approximate surface area is 161 Å². The molecule has 1 aromatic heterocycles. The molecule has 1 aromatic carbocycles. The van der Waals surface area contributed by atoms with Crippen molar-refractivity contribution in [2.75, 3.05) is 25.1 Å².